The number of methoxy groups -OCH3 is 1. The predicted molar refractivity (Wildman–Crippen MR) is 123 cm³/mol. The molecule has 0 aliphatic heterocycles. The lowest BCUT2D eigenvalue weighted by molar-refractivity contribution is 0.0389. The SMILES string of the molecule is COCCOC(=O)c1c(C)n(CCCNc2ccc(N([O-])O)cc2Cl)c2ccc(O)cc12. The molecule has 3 N–H and O–H groups in total. The second kappa shape index (κ2) is 10.6. The number of anilines is 2. The van der Waals surface area contributed by atoms with Crippen molar-refractivity contribution >= 4 is 39.8 Å². The number of carbonyl (C=O) groups is 1. The number of hydrogen-bond acceptors (Lipinski definition) is 8. The Bertz CT molecular complexity index is 1100. The molecule has 0 atom stereocenters. The van der Waals surface area contributed by atoms with Gasteiger partial charge in [0.05, 0.1) is 28.6 Å². The monoisotopic (exact) mass is 462 g/mol. The van der Waals surface area contributed by atoms with Crippen LogP contribution in [0.5, 0.6) is 5.75 Å². The summed E-state index contributed by atoms with van der Waals surface area (Å²) in [6.07, 6.45) is 0.704. The molecule has 3 rings (SSSR count). The van der Waals surface area contributed by atoms with Crippen LogP contribution in [0.2, 0.25) is 5.02 Å². The first-order valence-corrected chi connectivity index (χ1v) is 10.4. The highest BCUT2D eigenvalue weighted by Crippen LogP contribution is 2.30. The molecule has 0 unspecified atom stereocenters. The van der Waals surface area contributed by atoms with Gasteiger partial charge in [0.2, 0.25) is 0 Å². The Kier molecular flexibility index (Phi) is 7.81. The van der Waals surface area contributed by atoms with Crippen LogP contribution in [-0.2, 0) is 16.0 Å². The molecule has 3 aromatic rings. The smallest absolute Gasteiger partial charge is 0.340 e. The average Bonchev–Trinajstić information content (AvgIpc) is 3.02. The van der Waals surface area contributed by atoms with E-state index in [4.69, 9.17) is 26.3 Å². The normalized spacial score (nSPS) is 11.0. The van der Waals surface area contributed by atoms with Crippen molar-refractivity contribution in [1.29, 1.82) is 0 Å². The highest BCUT2D eigenvalue weighted by molar-refractivity contribution is 6.33. The van der Waals surface area contributed by atoms with E-state index in [9.17, 15) is 15.1 Å². The number of rotatable bonds is 10. The number of esters is 1. The summed E-state index contributed by atoms with van der Waals surface area (Å²) in [6.45, 7) is 3.46. The van der Waals surface area contributed by atoms with E-state index in [1.165, 1.54) is 19.2 Å². The Morgan fingerprint density at radius 3 is 2.72 bits per heavy atom. The van der Waals surface area contributed by atoms with Gasteiger partial charge in [-0.3, -0.25) is 5.21 Å². The third-order valence-electron chi connectivity index (χ3n) is 5.08. The number of halogens is 1. The highest BCUT2D eigenvalue weighted by atomic mass is 35.5. The lowest BCUT2D eigenvalue weighted by Crippen LogP contribution is -2.12. The van der Waals surface area contributed by atoms with Crippen LogP contribution in [-0.4, -0.2) is 47.7 Å². The Balaban J connectivity index is 1.73. The van der Waals surface area contributed by atoms with Crippen molar-refractivity contribution in [2.45, 2.75) is 19.9 Å². The minimum atomic E-state index is -0.463. The van der Waals surface area contributed by atoms with Gasteiger partial charge in [0.1, 0.15) is 12.4 Å². The number of phenolic OH excluding ortho intramolecular Hbond substituents is 1. The molecule has 0 saturated heterocycles. The van der Waals surface area contributed by atoms with Gasteiger partial charge in [-0.15, -0.1) is 0 Å². The maximum absolute atomic E-state index is 12.7. The zero-order chi connectivity index (χ0) is 23.3. The third kappa shape index (κ3) is 5.25. The summed E-state index contributed by atoms with van der Waals surface area (Å²) in [6, 6.07) is 9.36. The van der Waals surface area contributed by atoms with Crippen molar-refractivity contribution in [3.05, 3.63) is 57.9 Å². The second-order valence-electron chi connectivity index (χ2n) is 7.16. The van der Waals surface area contributed by atoms with Gasteiger partial charge < -0.3 is 34.9 Å². The first kappa shape index (κ1) is 23.7. The molecule has 0 bridgehead atoms. The summed E-state index contributed by atoms with van der Waals surface area (Å²) < 4.78 is 12.2. The number of aryl methyl sites for hydroxylation is 1. The zero-order valence-electron chi connectivity index (χ0n) is 17.8. The van der Waals surface area contributed by atoms with E-state index in [0.29, 0.717) is 47.8 Å². The van der Waals surface area contributed by atoms with Gasteiger partial charge in [-0.05, 0) is 49.7 Å². The van der Waals surface area contributed by atoms with E-state index >= 15 is 0 Å². The molecule has 2 aromatic carbocycles. The molecule has 9 nitrogen and oxygen atoms in total. The van der Waals surface area contributed by atoms with Crippen molar-refractivity contribution in [3.63, 3.8) is 0 Å². The van der Waals surface area contributed by atoms with Crippen LogP contribution >= 0.6 is 11.6 Å². The van der Waals surface area contributed by atoms with E-state index in [2.05, 4.69) is 5.32 Å². The van der Waals surface area contributed by atoms with E-state index in [1.807, 2.05) is 11.5 Å². The topological polar surface area (TPSA) is 119 Å². The van der Waals surface area contributed by atoms with Gasteiger partial charge in [0, 0.05) is 36.8 Å². The highest BCUT2D eigenvalue weighted by Gasteiger charge is 2.21. The Labute approximate surface area is 190 Å². The van der Waals surface area contributed by atoms with E-state index in [-0.39, 0.29) is 23.3 Å². The van der Waals surface area contributed by atoms with Crippen LogP contribution < -0.4 is 10.5 Å². The Morgan fingerprint density at radius 2 is 2.03 bits per heavy atom. The molecular formula is C22H25ClN3O6-. The van der Waals surface area contributed by atoms with Crippen molar-refractivity contribution in [3.8, 4) is 5.75 Å². The van der Waals surface area contributed by atoms with Gasteiger partial charge in [-0.25, -0.2) is 4.79 Å². The molecule has 1 heterocycles. The minimum absolute atomic E-state index is 0.0446. The van der Waals surface area contributed by atoms with E-state index in [0.717, 1.165) is 11.2 Å². The van der Waals surface area contributed by atoms with Crippen molar-refractivity contribution < 1.29 is 24.6 Å². The summed E-state index contributed by atoms with van der Waals surface area (Å²) in [5.74, 6) is -0.393. The molecule has 172 valence electrons. The van der Waals surface area contributed by atoms with Gasteiger partial charge in [0.15, 0.2) is 0 Å². The molecule has 0 aliphatic carbocycles. The molecular weight excluding hydrogens is 438 g/mol. The molecule has 0 saturated carbocycles. The third-order valence-corrected chi connectivity index (χ3v) is 5.39. The summed E-state index contributed by atoms with van der Waals surface area (Å²) in [4.78, 5) is 12.7. The number of phenols is 1. The first-order chi connectivity index (χ1) is 15.3. The standard InChI is InChI=1S/C22H25ClN3O6/c1-14-21(22(28)32-11-10-31-2)17-13-16(27)5-7-20(17)25(14)9-3-8-24-19-6-4-15(26(29)30)12-18(19)23/h4-7,12-13,24,27,29H,3,8-11H2,1-2H3/q-1. The van der Waals surface area contributed by atoms with Crippen LogP contribution in [0.25, 0.3) is 10.9 Å². The number of carbonyl (C=O) groups excluding carboxylic acids is 1. The lowest BCUT2D eigenvalue weighted by atomic mass is 10.1. The summed E-state index contributed by atoms with van der Waals surface area (Å²) in [5, 5.41) is 33.7. The molecule has 0 radical (unpaired) electrons. The van der Waals surface area contributed by atoms with Crippen molar-refractivity contribution in [2.24, 2.45) is 0 Å². The van der Waals surface area contributed by atoms with Gasteiger partial charge >= 0.3 is 5.97 Å². The van der Waals surface area contributed by atoms with Crippen LogP contribution in [0.4, 0.5) is 11.4 Å². The molecule has 0 spiro atoms. The summed E-state index contributed by atoms with van der Waals surface area (Å²) >= 11 is 6.15. The average molecular weight is 463 g/mol. The number of nitrogens with zero attached hydrogens (tertiary/aromatic N) is 2. The molecule has 10 heteroatoms. The zero-order valence-corrected chi connectivity index (χ0v) is 18.6. The molecule has 1 aromatic heterocycles. The number of hydrogen-bond donors (Lipinski definition) is 3. The van der Waals surface area contributed by atoms with Gasteiger partial charge in [0.25, 0.3) is 0 Å². The fourth-order valence-electron chi connectivity index (χ4n) is 3.53. The number of benzene rings is 2. The van der Waals surface area contributed by atoms with Crippen LogP contribution in [0.15, 0.2) is 36.4 Å². The summed E-state index contributed by atoms with van der Waals surface area (Å²) in [7, 11) is 1.53. The molecule has 32 heavy (non-hydrogen) atoms. The lowest BCUT2D eigenvalue weighted by Gasteiger charge is -2.22. The van der Waals surface area contributed by atoms with Gasteiger partial charge in [-0.2, -0.15) is 0 Å². The number of aromatic nitrogens is 1. The van der Waals surface area contributed by atoms with E-state index < -0.39 is 5.97 Å². The molecule has 0 amide bonds. The number of ether oxygens (including phenoxy) is 2. The van der Waals surface area contributed by atoms with E-state index in [1.54, 1.807) is 24.3 Å². The van der Waals surface area contributed by atoms with Crippen molar-refractivity contribution in [1.82, 2.24) is 4.57 Å². The van der Waals surface area contributed by atoms with Crippen LogP contribution in [0.1, 0.15) is 22.5 Å². The number of aromatic hydroxyl groups is 1. The fraction of sp³-hybridized carbons (Fsp3) is 0.318. The fourth-order valence-corrected chi connectivity index (χ4v) is 3.77. The second-order valence-corrected chi connectivity index (χ2v) is 7.57. The maximum Gasteiger partial charge on any atom is 0.340 e. The largest absolute Gasteiger partial charge is 0.733 e. The van der Waals surface area contributed by atoms with Crippen LogP contribution in [0.3, 0.4) is 0 Å². The quantitative estimate of drug-likeness (QED) is 0.232. The Hall–Kier alpha value is -2.98. The number of fused-ring (bicyclic) bond motifs is 1. The Morgan fingerprint density at radius 1 is 1.25 bits per heavy atom. The first-order valence-electron chi connectivity index (χ1n) is 10.0. The molecule has 0 aliphatic rings. The van der Waals surface area contributed by atoms with Crippen LogP contribution in [0, 0.1) is 12.1 Å². The predicted octanol–water partition coefficient (Wildman–Crippen LogP) is 4.31. The molecule has 0 fully saturated rings. The summed E-state index contributed by atoms with van der Waals surface area (Å²) in [5.41, 5.74) is 2.67. The number of nitrogens with one attached hydrogen (secondary N) is 1. The van der Waals surface area contributed by atoms with Gasteiger partial charge in [-0.1, -0.05) is 11.6 Å². The maximum atomic E-state index is 12.7. The van der Waals surface area contributed by atoms with Crippen molar-refractivity contribution in [2.75, 3.05) is 37.4 Å². The minimum Gasteiger partial charge on any atom is -0.733 e.